The molecule has 0 saturated carbocycles. The summed E-state index contributed by atoms with van der Waals surface area (Å²) in [5.74, 6) is 0.654. The number of nitrogens with zero attached hydrogens (tertiary/aromatic N) is 2. The Hall–Kier alpha value is -1.16. The number of nitrogens with one attached hydrogen (secondary N) is 1. The molecule has 0 spiro atoms. The highest BCUT2D eigenvalue weighted by atomic mass is 16.5. The summed E-state index contributed by atoms with van der Waals surface area (Å²) in [4.78, 5) is 8.26. The van der Waals surface area contributed by atoms with Crippen molar-refractivity contribution in [2.45, 2.75) is 38.1 Å². The first-order chi connectivity index (χ1) is 7.88. The van der Waals surface area contributed by atoms with Crippen LogP contribution < -0.4 is 10.1 Å². The predicted octanol–water partition coefficient (Wildman–Crippen LogP) is 1.56. The molecule has 0 radical (unpaired) electrons. The van der Waals surface area contributed by atoms with E-state index < -0.39 is 0 Å². The summed E-state index contributed by atoms with van der Waals surface area (Å²) in [6.45, 7) is 1.16. The Labute approximate surface area is 96.4 Å². The Bertz CT molecular complexity index is 324. The second-order valence-corrected chi connectivity index (χ2v) is 4.24. The smallest absolute Gasteiger partial charge is 0.216 e. The monoisotopic (exact) mass is 221 g/mol. The van der Waals surface area contributed by atoms with E-state index in [1.165, 1.54) is 19.3 Å². The van der Waals surface area contributed by atoms with Crippen LogP contribution in [-0.4, -0.2) is 29.7 Å². The van der Waals surface area contributed by atoms with Crippen molar-refractivity contribution in [3.05, 3.63) is 18.1 Å². The fraction of sp³-hybridized carbons (Fsp3) is 0.667. The van der Waals surface area contributed by atoms with Gasteiger partial charge in [-0.1, -0.05) is 6.42 Å². The van der Waals surface area contributed by atoms with Gasteiger partial charge in [0.1, 0.15) is 6.33 Å². The van der Waals surface area contributed by atoms with E-state index in [1.807, 2.05) is 6.07 Å². The van der Waals surface area contributed by atoms with Gasteiger partial charge in [-0.05, 0) is 32.2 Å². The largest absolute Gasteiger partial charge is 0.481 e. The van der Waals surface area contributed by atoms with Gasteiger partial charge in [-0.3, -0.25) is 0 Å². The number of piperidine rings is 1. The summed E-state index contributed by atoms with van der Waals surface area (Å²) in [5, 5.41) is 3.54. The van der Waals surface area contributed by atoms with Gasteiger partial charge in [-0.2, -0.15) is 0 Å². The molecule has 0 amide bonds. The molecule has 1 atom stereocenters. The third kappa shape index (κ3) is 3.17. The van der Waals surface area contributed by atoms with Crippen LogP contribution in [0, 0.1) is 0 Å². The number of rotatable bonds is 4. The molecule has 1 aromatic rings. The van der Waals surface area contributed by atoms with Gasteiger partial charge in [0.15, 0.2) is 0 Å². The molecule has 1 unspecified atom stereocenters. The Morgan fingerprint density at radius 2 is 2.38 bits per heavy atom. The number of aryl methyl sites for hydroxylation is 1. The lowest BCUT2D eigenvalue weighted by Gasteiger charge is -2.23. The summed E-state index contributed by atoms with van der Waals surface area (Å²) in [6.07, 6.45) is 7.68. The number of methoxy groups -OCH3 is 1. The minimum Gasteiger partial charge on any atom is -0.481 e. The van der Waals surface area contributed by atoms with Crippen LogP contribution in [0.3, 0.4) is 0 Å². The SMILES string of the molecule is COc1cc(CCC2CCCCN2)ncn1. The Morgan fingerprint density at radius 3 is 3.12 bits per heavy atom. The minimum atomic E-state index is 0.654. The van der Waals surface area contributed by atoms with Gasteiger partial charge in [0.25, 0.3) is 0 Å². The van der Waals surface area contributed by atoms with E-state index in [0.29, 0.717) is 11.9 Å². The van der Waals surface area contributed by atoms with Gasteiger partial charge in [-0.25, -0.2) is 9.97 Å². The van der Waals surface area contributed by atoms with Crippen LogP contribution in [0.4, 0.5) is 0 Å². The number of aromatic nitrogens is 2. The fourth-order valence-electron chi connectivity index (χ4n) is 2.12. The summed E-state index contributed by atoms with van der Waals surface area (Å²) in [5.41, 5.74) is 1.07. The molecule has 0 aromatic carbocycles. The average Bonchev–Trinajstić information content (AvgIpc) is 2.38. The maximum Gasteiger partial charge on any atom is 0.216 e. The van der Waals surface area contributed by atoms with Gasteiger partial charge in [0.05, 0.1) is 7.11 Å². The topological polar surface area (TPSA) is 47.0 Å². The molecule has 88 valence electrons. The van der Waals surface area contributed by atoms with Crippen LogP contribution in [0.1, 0.15) is 31.4 Å². The second-order valence-electron chi connectivity index (χ2n) is 4.24. The van der Waals surface area contributed by atoms with Crippen molar-refractivity contribution in [3.8, 4) is 5.88 Å². The molecule has 0 bridgehead atoms. The van der Waals surface area contributed by atoms with E-state index in [1.54, 1.807) is 13.4 Å². The Kier molecular flexibility index (Phi) is 4.10. The molecule has 16 heavy (non-hydrogen) atoms. The Balaban J connectivity index is 1.83. The summed E-state index contributed by atoms with van der Waals surface area (Å²) in [7, 11) is 1.63. The predicted molar refractivity (Wildman–Crippen MR) is 62.5 cm³/mol. The molecule has 2 rings (SSSR count). The number of hydrogen-bond acceptors (Lipinski definition) is 4. The fourth-order valence-corrected chi connectivity index (χ4v) is 2.12. The summed E-state index contributed by atoms with van der Waals surface area (Å²) >= 11 is 0. The van der Waals surface area contributed by atoms with Crippen molar-refractivity contribution in [1.82, 2.24) is 15.3 Å². The van der Waals surface area contributed by atoms with Crippen LogP contribution in [0.25, 0.3) is 0 Å². The first-order valence-corrected chi connectivity index (χ1v) is 5.97. The maximum atomic E-state index is 5.08. The standard InChI is InChI=1S/C12H19N3O/c1-16-12-8-11(14-9-15-12)6-5-10-4-2-3-7-13-10/h8-10,13H,2-7H2,1H3. The second kappa shape index (κ2) is 5.80. The lowest BCUT2D eigenvalue weighted by atomic mass is 10.00. The highest BCUT2D eigenvalue weighted by molar-refractivity contribution is 5.13. The minimum absolute atomic E-state index is 0.654. The van der Waals surface area contributed by atoms with Gasteiger partial charge in [0.2, 0.25) is 5.88 Å². The van der Waals surface area contributed by atoms with Gasteiger partial charge in [0, 0.05) is 17.8 Å². The molecule has 4 nitrogen and oxygen atoms in total. The zero-order valence-electron chi connectivity index (χ0n) is 9.78. The quantitative estimate of drug-likeness (QED) is 0.838. The summed E-state index contributed by atoms with van der Waals surface area (Å²) in [6, 6.07) is 2.58. The zero-order valence-corrected chi connectivity index (χ0v) is 9.78. The van der Waals surface area contributed by atoms with Gasteiger partial charge >= 0.3 is 0 Å². The van der Waals surface area contributed by atoms with Crippen molar-refractivity contribution in [1.29, 1.82) is 0 Å². The molecule has 1 saturated heterocycles. The molecule has 1 aliphatic heterocycles. The molecule has 1 N–H and O–H groups in total. The highest BCUT2D eigenvalue weighted by Crippen LogP contribution is 2.14. The number of hydrogen-bond donors (Lipinski definition) is 1. The van der Waals surface area contributed by atoms with Crippen LogP contribution >= 0.6 is 0 Å². The van der Waals surface area contributed by atoms with Gasteiger partial charge in [-0.15, -0.1) is 0 Å². The van der Waals surface area contributed by atoms with Crippen molar-refractivity contribution < 1.29 is 4.74 Å². The van der Waals surface area contributed by atoms with E-state index in [9.17, 15) is 0 Å². The van der Waals surface area contributed by atoms with E-state index >= 15 is 0 Å². The molecule has 4 heteroatoms. The van der Waals surface area contributed by atoms with E-state index in [-0.39, 0.29) is 0 Å². The van der Waals surface area contributed by atoms with Crippen molar-refractivity contribution in [3.63, 3.8) is 0 Å². The van der Waals surface area contributed by atoms with E-state index in [0.717, 1.165) is 25.1 Å². The normalized spacial score (nSPS) is 20.7. The first-order valence-electron chi connectivity index (χ1n) is 5.97. The van der Waals surface area contributed by atoms with Crippen LogP contribution in [0.2, 0.25) is 0 Å². The molecular formula is C12H19N3O. The highest BCUT2D eigenvalue weighted by Gasteiger charge is 2.12. The lowest BCUT2D eigenvalue weighted by Crippen LogP contribution is -2.34. The van der Waals surface area contributed by atoms with E-state index in [4.69, 9.17) is 4.74 Å². The molecule has 1 aliphatic rings. The van der Waals surface area contributed by atoms with Crippen molar-refractivity contribution >= 4 is 0 Å². The zero-order chi connectivity index (χ0) is 11.2. The van der Waals surface area contributed by atoms with Crippen molar-refractivity contribution in [2.75, 3.05) is 13.7 Å². The molecule has 1 fully saturated rings. The Morgan fingerprint density at radius 1 is 1.44 bits per heavy atom. The van der Waals surface area contributed by atoms with E-state index in [2.05, 4.69) is 15.3 Å². The van der Waals surface area contributed by atoms with Gasteiger partial charge < -0.3 is 10.1 Å². The third-order valence-electron chi connectivity index (χ3n) is 3.07. The third-order valence-corrected chi connectivity index (χ3v) is 3.07. The van der Waals surface area contributed by atoms with Crippen LogP contribution in [0.5, 0.6) is 5.88 Å². The van der Waals surface area contributed by atoms with Crippen molar-refractivity contribution in [2.24, 2.45) is 0 Å². The maximum absolute atomic E-state index is 5.08. The molecule has 0 aliphatic carbocycles. The molecular weight excluding hydrogens is 202 g/mol. The first kappa shape index (κ1) is 11.3. The van der Waals surface area contributed by atoms with Crippen LogP contribution in [-0.2, 0) is 6.42 Å². The number of ether oxygens (including phenoxy) is 1. The van der Waals surface area contributed by atoms with Crippen LogP contribution in [0.15, 0.2) is 12.4 Å². The summed E-state index contributed by atoms with van der Waals surface area (Å²) < 4.78 is 5.08. The average molecular weight is 221 g/mol. The molecule has 1 aromatic heterocycles. The lowest BCUT2D eigenvalue weighted by molar-refractivity contribution is 0.379. The molecule has 2 heterocycles.